The molecule has 0 heterocycles. The SMILES string of the molecule is CN(N)C(=C[N+](=O)[O-])C(C)(C)C. The van der Waals surface area contributed by atoms with Gasteiger partial charge in [0.1, 0.15) is 5.70 Å². The Bertz CT molecular complexity index is 203. The van der Waals surface area contributed by atoms with Gasteiger partial charge in [-0.05, 0) is 0 Å². The van der Waals surface area contributed by atoms with Gasteiger partial charge < -0.3 is 5.01 Å². The predicted molar refractivity (Wildman–Crippen MR) is 46.5 cm³/mol. The quantitative estimate of drug-likeness (QED) is 0.383. The van der Waals surface area contributed by atoms with Gasteiger partial charge in [0.2, 0.25) is 0 Å². The average molecular weight is 173 g/mol. The summed E-state index contributed by atoms with van der Waals surface area (Å²) in [6.45, 7) is 5.60. The van der Waals surface area contributed by atoms with E-state index in [4.69, 9.17) is 5.84 Å². The van der Waals surface area contributed by atoms with Crippen molar-refractivity contribution in [2.45, 2.75) is 20.8 Å². The second-order valence-corrected chi connectivity index (χ2v) is 3.66. The van der Waals surface area contributed by atoms with Gasteiger partial charge >= 0.3 is 0 Å². The first-order valence-electron chi connectivity index (χ1n) is 3.59. The molecule has 0 aliphatic heterocycles. The fraction of sp³-hybridized carbons (Fsp3) is 0.714. The zero-order valence-electron chi connectivity index (χ0n) is 7.87. The number of hydrogen-bond donors (Lipinski definition) is 1. The van der Waals surface area contributed by atoms with Crippen LogP contribution in [0.3, 0.4) is 0 Å². The van der Waals surface area contributed by atoms with Crippen molar-refractivity contribution >= 4 is 0 Å². The molecule has 0 rings (SSSR count). The zero-order chi connectivity index (χ0) is 9.94. The van der Waals surface area contributed by atoms with Crippen LogP contribution >= 0.6 is 0 Å². The van der Waals surface area contributed by atoms with Crippen molar-refractivity contribution in [3.05, 3.63) is 22.0 Å². The molecule has 12 heavy (non-hydrogen) atoms. The Morgan fingerprint density at radius 1 is 1.58 bits per heavy atom. The molecule has 0 atom stereocenters. The first-order chi connectivity index (χ1) is 5.25. The summed E-state index contributed by atoms with van der Waals surface area (Å²) in [4.78, 5) is 9.71. The maximum Gasteiger partial charge on any atom is 0.255 e. The largest absolute Gasteiger partial charge is 0.312 e. The van der Waals surface area contributed by atoms with Gasteiger partial charge in [0.25, 0.3) is 6.20 Å². The molecule has 0 radical (unpaired) electrons. The fourth-order valence-corrected chi connectivity index (χ4v) is 0.914. The summed E-state index contributed by atoms with van der Waals surface area (Å²) in [6.07, 6.45) is 0.931. The summed E-state index contributed by atoms with van der Waals surface area (Å²) in [5, 5.41) is 11.5. The smallest absolute Gasteiger partial charge is 0.255 e. The molecule has 0 spiro atoms. The van der Waals surface area contributed by atoms with E-state index in [1.165, 1.54) is 5.01 Å². The minimum absolute atomic E-state index is 0.309. The lowest BCUT2D eigenvalue weighted by Crippen LogP contribution is -2.33. The molecule has 0 amide bonds. The maximum absolute atomic E-state index is 10.2. The molecule has 0 unspecified atom stereocenters. The Morgan fingerprint density at radius 3 is 2.08 bits per heavy atom. The number of rotatable bonds is 2. The number of nitrogens with two attached hydrogens (primary N) is 1. The highest BCUT2D eigenvalue weighted by molar-refractivity contribution is 5.04. The summed E-state index contributed by atoms with van der Waals surface area (Å²) >= 11 is 0. The van der Waals surface area contributed by atoms with Gasteiger partial charge in [-0.2, -0.15) is 0 Å². The highest BCUT2D eigenvalue weighted by Gasteiger charge is 2.22. The van der Waals surface area contributed by atoms with Gasteiger partial charge in [-0.25, -0.2) is 5.84 Å². The first-order valence-corrected chi connectivity index (χ1v) is 3.59. The second kappa shape index (κ2) is 3.53. The Morgan fingerprint density at radius 2 is 2.00 bits per heavy atom. The summed E-state index contributed by atoms with van der Waals surface area (Å²) < 4.78 is 0. The van der Waals surface area contributed by atoms with Crippen molar-refractivity contribution in [2.24, 2.45) is 11.3 Å². The lowest BCUT2D eigenvalue weighted by Gasteiger charge is -2.26. The molecule has 5 nitrogen and oxygen atoms in total. The van der Waals surface area contributed by atoms with E-state index in [0.29, 0.717) is 5.70 Å². The van der Waals surface area contributed by atoms with Crippen LogP contribution in [0.4, 0.5) is 0 Å². The van der Waals surface area contributed by atoms with Gasteiger partial charge in [0.15, 0.2) is 0 Å². The fourth-order valence-electron chi connectivity index (χ4n) is 0.914. The van der Waals surface area contributed by atoms with Crippen LogP contribution in [0.25, 0.3) is 0 Å². The normalized spacial score (nSPS) is 12.9. The average Bonchev–Trinajstić information content (AvgIpc) is 1.79. The van der Waals surface area contributed by atoms with Crippen molar-refractivity contribution < 1.29 is 4.92 Å². The molecule has 0 aliphatic rings. The topological polar surface area (TPSA) is 72.4 Å². The van der Waals surface area contributed by atoms with Crippen molar-refractivity contribution in [3.8, 4) is 0 Å². The Kier molecular flexibility index (Phi) is 3.21. The number of hydrazine groups is 1. The van der Waals surface area contributed by atoms with Crippen LogP contribution in [0, 0.1) is 15.5 Å². The lowest BCUT2D eigenvalue weighted by molar-refractivity contribution is -0.405. The monoisotopic (exact) mass is 173 g/mol. The van der Waals surface area contributed by atoms with E-state index in [1.807, 2.05) is 20.8 Å². The molecule has 0 fully saturated rings. The number of nitrogens with zero attached hydrogens (tertiary/aromatic N) is 2. The van der Waals surface area contributed by atoms with Crippen molar-refractivity contribution in [1.29, 1.82) is 0 Å². The van der Waals surface area contributed by atoms with E-state index in [-0.39, 0.29) is 5.41 Å². The van der Waals surface area contributed by atoms with Crippen molar-refractivity contribution in [3.63, 3.8) is 0 Å². The lowest BCUT2D eigenvalue weighted by atomic mass is 9.92. The molecule has 0 bridgehead atoms. The predicted octanol–water partition coefficient (Wildman–Crippen LogP) is 0.956. The van der Waals surface area contributed by atoms with Gasteiger partial charge in [0.05, 0.1) is 4.92 Å². The maximum atomic E-state index is 10.2. The van der Waals surface area contributed by atoms with E-state index in [2.05, 4.69) is 0 Å². The first kappa shape index (κ1) is 10.9. The molecule has 0 aromatic rings. The molecule has 5 heteroatoms. The van der Waals surface area contributed by atoms with Crippen LogP contribution in [0.2, 0.25) is 0 Å². The minimum Gasteiger partial charge on any atom is -0.312 e. The highest BCUT2D eigenvalue weighted by atomic mass is 16.6. The van der Waals surface area contributed by atoms with Crippen LogP contribution in [0.1, 0.15) is 20.8 Å². The van der Waals surface area contributed by atoms with Gasteiger partial charge in [-0.15, -0.1) is 0 Å². The summed E-state index contributed by atoms with van der Waals surface area (Å²) in [5.41, 5.74) is 0.184. The van der Waals surface area contributed by atoms with E-state index in [0.717, 1.165) is 6.20 Å². The van der Waals surface area contributed by atoms with Crippen LogP contribution in [-0.2, 0) is 0 Å². The Balaban J connectivity index is 4.80. The summed E-state index contributed by atoms with van der Waals surface area (Å²) in [6, 6.07) is 0. The van der Waals surface area contributed by atoms with Crippen molar-refractivity contribution in [2.75, 3.05) is 7.05 Å². The van der Waals surface area contributed by atoms with Crippen LogP contribution in [0.5, 0.6) is 0 Å². The van der Waals surface area contributed by atoms with Crippen LogP contribution < -0.4 is 5.84 Å². The molecule has 0 aromatic heterocycles. The molecule has 0 saturated carbocycles. The Hall–Kier alpha value is -1.10. The molecule has 0 aromatic carbocycles. The molecule has 0 saturated heterocycles. The highest BCUT2D eigenvalue weighted by Crippen LogP contribution is 2.25. The van der Waals surface area contributed by atoms with Gasteiger partial charge in [0, 0.05) is 12.5 Å². The number of nitro groups is 1. The zero-order valence-corrected chi connectivity index (χ0v) is 7.87. The van der Waals surface area contributed by atoms with Crippen LogP contribution in [0.15, 0.2) is 11.9 Å². The Labute approximate surface area is 72.0 Å². The standard InChI is InChI=1S/C7H15N3O2/c1-7(2,3)6(9(4)8)5-10(11)12/h5H,8H2,1-4H3. The third-order valence-corrected chi connectivity index (χ3v) is 1.38. The van der Waals surface area contributed by atoms with E-state index < -0.39 is 4.92 Å². The van der Waals surface area contributed by atoms with Crippen LogP contribution in [-0.4, -0.2) is 17.0 Å². The summed E-state index contributed by atoms with van der Waals surface area (Å²) in [5.74, 6) is 5.43. The van der Waals surface area contributed by atoms with E-state index >= 15 is 0 Å². The molecular weight excluding hydrogens is 158 g/mol. The third kappa shape index (κ3) is 3.34. The molecular formula is C7H15N3O2. The van der Waals surface area contributed by atoms with E-state index in [9.17, 15) is 10.1 Å². The second-order valence-electron chi connectivity index (χ2n) is 3.66. The molecule has 70 valence electrons. The number of hydrogen-bond acceptors (Lipinski definition) is 4. The minimum atomic E-state index is -0.496. The van der Waals surface area contributed by atoms with Gasteiger partial charge in [-0.3, -0.25) is 10.1 Å². The van der Waals surface area contributed by atoms with Gasteiger partial charge in [-0.1, -0.05) is 20.8 Å². The molecule has 2 N–H and O–H groups in total. The van der Waals surface area contributed by atoms with Crippen molar-refractivity contribution in [1.82, 2.24) is 5.01 Å². The number of allylic oxidation sites excluding steroid dienone is 1. The molecule has 0 aliphatic carbocycles. The third-order valence-electron chi connectivity index (χ3n) is 1.38. The van der Waals surface area contributed by atoms with E-state index in [1.54, 1.807) is 7.05 Å². The summed E-state index contributed by atoms with van der Waals surface area (Å²) in [7, 11) is 1.58.